The van der Waals surface area contributed by atoms with Crippen LogP contribution in [-0.4, -0.2) is 11.5 Å². The van der Waals surface area contributed by atoms with Gasteiger partial charge in [0.25, 0.3) is 0 Å². The lowest BCUT2D eigenvalue weighted by atomic mass is 9.76. The zero-order valence-corrected chi connectivity index (χ0v) is 13.3. The molecule has 1 atom stereocenters. The Hall–Kier alpha value is -0.710. The van der Waals surface area contributed by atoms with E-state index in [1.54, 1.807) is 11.3 Å². The van der Waals surface area contributed by atoms with Gasteiger partial charge in [0.1, 0.15) is 5.01 Å². The van der Waals surface area contributed by atoms with Crippen LogP contribution in [0.2, 0.25) is 0 Å². The van der Waals surface area contributed by atoms with Gasteiger partial charge in [0.05, 0.1) is 5.69 Å². The smallest absolute Gasteiger partial charge is 0.124 e. The largest absolute Gasteiger partial charge is 0.309 e. The maximum absolute atomic E-state index is 4.91. The summed E-state index contributed by atoms with van der Waals surface area (Å²) < 4.78 is 0. The summed E-state index contributed by atoms with van der Waals surface area (Å²) in [6.07, 6.45) is 2.31. The van der Waals surface area contributed by atoms with Crippen molar-refractivity contribution in [3.05, 3.63) is 27.4 Å². The Morgan fingerprint density at radius 2 is 2.32 bits per heavy atom. The molecule has 0 fully saturated rings. The Labute approximate surface area is 122 Å². The number of aromatic nitrogens is 1. The number of rotatable bonds is 3. The van der Waals surface area contributed by atoms with Crippen LogP contribution in [-0.2, 0) is 6.42 Å². The average molecular weight is 292 g/mol. The molecule has 0 radical (unpaired) electrons. The van der Waals surface area contributed by atoms with E-state index in [-0.39, 0.29) is 0 Å². The van der Waals surface area contributed by atoms with Crippen LogP contribution in [0, 0.1) is 5.41 Å². The average Bonchev–Trinajstić information content (AvgIpc) is 2.94. The van der Waals surface area contributed by atoms with Crippen molar-refractivity contribution in [1.29, 1.82) is 0 Å². The summed E-state index contributed by atoms with van der Waals surface area (Å²) in [4.78, 5) is 6.37. The molecule has 0 amide bonds. The lowest BCUT2D eigenvalue weighted by Gasteiger charge is -2.34. The molecular formula is C15H20N2S2. The first-order valence-corrected chi connectivity index (χ1v) is 8.60. The standard InChI is InChI=1S/C15H20N2S2/c1-4-16-11-7-15(2,3)8-12-13(11)19-14(17-12)10-5-6-18-9-10/h5-6,9,11,16H,4,7-8H2,1-3H3. The van der Waals surface area contributed by atoms with Gasteiger partial charge in [0, 0.05) is 21.9 Å². The van der Waals surface area contributed by atoms with E-state index in [1.807, 2.05) is 11.3 Å². The van der Waals surface area contributed by atoms with Crippen LogP contribution in [0.1, 0.15) is 43.8 Å². The second-order valence-electron chi connectivity index (χ2n) is 6.00. The molecule has 0 aliphatic heterocycles. The summed E-state index contributed by atoms with van der Waals surface area (Å²) in [6, 6.07) is 2.65. The molecule has 4 heteroatoms. The molecule has 1 aliphatic carbocycles. The van der Waals surface area contributed by atoms with E-state index in [4.69, 9.17) is 4.98 Å². The predicted octanol–water partition coefficient (Wildman–Crippen LogP) is 4.49. The van der Waals surface area contributed by atoms with Gasteiger partial charge in [-0.1, -0.05) is 20.8 Å². The first-order chi connectivity index (χ1) is 9.09. The van der Waals surface area contributed by atoms with Crippen molar-refractivity contribution >= 4 is 22.7 Å². The fraction of sp³-hybridized carbons (Fsp3) is 0.533. The van der Waals surface area contributed by atoms with Gasteiger partial charge < -0.3 is 5.32 Å². The van der Waals surface area contributed by atoms with Crippen molar-refractivity contribution in [2.75, 3.05) is 6.54 Å². The monoisotopic (exact) mass is 292 g/mol. The van der Waals surface area contributed by atoms with Crippen LogP contribution >= 0.6 is 22.7 Å². The summed E-state index contributed by atoms with van der Waals surface area (Å²) in [6.45, 7) is 7.90. The van der Waals surface area contributed by atoms with E-state index < -0.39 is 0 Å². The molecule has 2 heterocycles. The van der Waals surface area contributed by atoms with E-state index >= 15 is 0 Å². The van der Waals surface area contributed by atoms with E-state index in [0.29, 0.717) is 11.5 Å². The maximum atomic E-state index is 4.91. The molecule has 2 aromatic heterocycles. The lowest BCUT2D eigenvalue weighted by molar-refractivity contribution is 0.260. The molecule has 2 aromatic rings. The summed E-state index contributed by atoms with van der Waals surface area (Å²) in [5.41, 5.74) is 2.94. The minimum atomic E-state index is 0.347. The zero-order valence-electron chi connectivity index (χ0n) is 11.7. The fourth-order valence-electron chi connectivity index (χ4n) is 2.85. The Morgan fingerprint density at radius 3 is 3.00 bits per heavy atom. The number of nitrogens with zero attached hydrogens (tertiary/aromatic N) is 1. The Morgan fingerprint density at radius 1 is 1.47 bits per heavy atom. The van der Waals surface area contributed by atoms with Crippen molar-refractivity contribution in [3.8, 4) is 10.6 Å². The number of fused-ring (bicyclic) bond motifs is 1. The molecule has 0 saturated carbocycles. The van der Waals surface area contributed by atoms with Gasteiger partial charge >= 0.3 is 0 Å². The number of hydrogen-bond donors (Lipinski definition) is 1. The van der Waals surface area contributed by atoms with E-state index in [0.717, 1.165) is 13.0 Å². The van der Waals surface area contributed by atoms with Crippen LogP contribution in [0.5, 0.6) is 0 Å². The highest BCUT2D eigenvalue weighted by molar-refractivity contribution is 7.15. The molecule has 102 valence electrons. The minimum absolute atomic E-state index is 0.347. The van der Waals surface area contributed by atoms with Crippen LogP contribution in [0.15, 0.2) is 16.8 Å². The van der Waals surface area contributed by atoms with E-state index in [2.05, 4.69) is 42.9 Å². The van der Waals surface area contributed by atoms with E-state index in [1.165, 1.54) is 27.6 Å². The van der Waals surface area contributed by atoms with Gasteiger partial charge in [-0.25, -0.2) is 4.98 Å². The van der Waals surface area contributed by atoms with Gasteiger partial charge in [0.2, 0.25) is 0 Å². The highest BCUT2D eigenvalue weighted by Gasteiger charge is 2.34. The molecule has 1 aliphatic rings. The summed E-state index contributed by atoms with van der Waals surface area (Å²) >= 11 is 3.62. The normalized spacial score (nSPS) is 21.3. The predicted molar refractivity (Wildman–Crippen MR) is 83.9 cm³/mol. The van der Waals surface area contributed by atoms with Crippen LogP contribution in [0.4, 0.5) is 0 Å². The number of nitrogens with one attached hydrogen (secondary N) is 1. The first kappa shape index (κ1) is 13.3. The molecule has 0 saturated heterocycles. The van der Waals surface area contributed by atoms with Gasteiger partial charge in [-0.3, -0.25) is 0 Å². The number of thiazole rings is 1. The number of hydrogen-bond acceptors (Lipinski definition) is 4. The van der Waals surface area contributed by atoms with Crippen LogP contribution in [0.3, 0.4) is 0 Å². The maximum Gasteiger partial charge on any atom is 0.124 e. The molecule has 19 heavy (non-hydrogen) atoms. The SMILES string of the molecule is CCNC1CC(C)(C)Cc2nc(-c3ccsc3)sc21. The Balaban J connectivity index is 2.00. The fourth-order valence-corrected chi connectivity index (χ4v) is 4.72. The quantitative estimate of drug-likeness (QED) is 0.901. The number of thiophene rings is 1. The third kappa shape index (κ3) is 2.62. The molecule has 1 unspecified atom stereocenters. The first-order valence-electron chi connectivity index (χ1n) is 6.84. The lowest BCUT2D eigenvalue weighted by Crippen LogP contribution is -2.32. The van der Waals surface area contributed by atoms with Crippen LogP contribution in [0.25, 0.3) is 10.6 Å². The molecule has 2 nitrogen and oxygen atoms in total. The highest BCUT2D eigenvalue weighted by atomic mass is 32.1. The van der Waals surface area contributed by atoms with Crippen molar-refractivity contribution < 1.29 is 0 Å². The van der Waals surface area contributed by atoms with Crippen molar-refractivity contribution in [3.63, 3.8) is 0 Å². The molecule has 1 N–H and O–H groups in total. The van der Waals surface area contributed by atoms with Gasteiger partial charge in [0.15, 0.2) is 0 Å². The summed E-state index contributed by atoms with van der Waals surface area (Å²) in [5.74, 6) is 0. The Bertz CT molecular complexity index is 555. The topological polar surface area (TPSA) is 24.9 Å². The minimum Gasteiger partial charge on any atom is -0.309 e. The molecule has 0 spiro atoms. The van der Waals surface area contributed by atoms with Gasteiger partial charge in [-0.2, -0.15) is 11.3 Å². The molecule has 0 aromatic carbocycles. The summed E-state index contributed by atoms with van der Waals surface area (Å²) in [7, 11) is 0. The molecule has 0 bridgehead atoms. The Kier molecular flexibility index (Phi) is 3.50. The summed E-state index contributed by atoms with van der Waals surface area (Å²) in [5, 5.41) is 9.13. The van der Waals surface area contributed by atoms with Gasteiger partial charge in [-0.15, -0.1) is 11.3 Å². The van der Waals surface area contributed by atoms with Crippen LogP contribution < -0.4 is 5.32 Å². The van der Waals surface area contributed by atoms with Crippen molar-refractivity contribution in [1.82, 2.24) is 10.3 Å². The molecular weight excluding hydrogens is 272 g/mol. The second-order valence-corrected chi connectivity index (χ2v) is 7.81. The van der Waals surface area contributed by atoms with E-state index in [9.17, 15) is 0 Å². The van der Waals surface area contributed by atoms with Crippen molar-refractivity contribution in [2.45, 2.75) is 39.7 Å². The third-order valence-corrected chi connectivity index (χ3v) is 5.61. The zero-order chi connectivity index (χ0) is 13.5. The van der Waals surface area contributed by atoms with Gasteiger partial charge in [-0.05, 0) is 36.2 Å². The molecule has 3 rings (SSSR count). The highest BCUT2D eigenvalue weighted by Crippen LogP contribution is 2.44. The third-order valence-electron chi connectivity index (χ3n) is 3.67. The second kappa shape index (κ2) is 5.00. The van der Waals surface area contributed by atoms with Crippen molar-refractivity contribution in [2.24, 2.45) is 5.41 Å².